The highest BCUT2D eigenvalue weighted by Gasteiger charge is 2.29. The monoisotopic (exact) mass is 380 g/mol. The third-order valence-electron chi connectivity index (χ3n) is 5.05. The molecule has 0 atom stereocenters. The number of nitrogens with two attached hydrogens (primary N) is 1. The molecule has 2 aromatic rings. The lowest BCUT2D eigenvalue weighted by atomic mass is 9.90. The Bertz CT molecular complexity index is 691. The Labute approximate surface area is 143 Å². The minimum atomic E-state index is 0.385. The first-order chi connectivity index (χ1) is 11.2. The van der Waals surface area contributed by atoms with Gasteiger partial charge in [0, 0.05) is 19.1 Å². The van der Waals surface area contributed by atoms with E-state index in [1.807, 2.05) is 4.68 Å². The summed E-state index contributed by atoms with van der Waals surface area (Å²) >= 11 is 3.50. The summed E-state index contributed by atoms with van der Waals surface area (Å²) < 4.78 is 8.23. The predicted octanol–water partition coefficient (Wildman–Crippen LogP) is 1.99. The van der Waals surface area contributed by atoms with E-state index >= 15 is 0 Å². The van der Waals surface area contributed by atoms with Crippen molar-refractivity contribution >= 4 is 32.8 Å². The molecule has 1 aliphatic heterocycles. The van der Waals surface area contributed by atoms with E-state index in [2.05, 4.69) is 35.9 Å². The first-order valence-corrected chi connectivity index (χ1v) is 8.99. The van der Waals surface area contributed by atoms with Crippen LogP contribution in [0.1, 0.15) is 31.7 Å². The van der Waals surface area contributed by atoms with E-state index < -0.39 is 0 Å². The molecule has 7 nitrogen and oxygen atoms in total. The summed E-state index contributed by atoms with van der Waals surface area (Å²) in [4.78, 5) is 11.0. The van der Waals surface area contributed by atoms with Crippen LogP contribution in [0.2, 0.25) is 0 Å². The molecular formula is C15H21BrN6O. The van der Waals surface area contributed by atoms with Gasteiger partial charge in [0.25, 0.3) is 0 Å². The van der Waals surface area contributed by atoms with Gasteiger partial charge in [0.1, 0.15) is 16.7 Å². The van der Waals surface area contributed by atoms with Gasteiger partial charge in [-0.2, -0.15) is 5.10 Å². The van der Waals surface area contributed by atoms with Crippen LogP contribution in [0.15, 0.2) is 10.9 Å². The summed E-state index contributed by atoms with van der Waals surface area (Å²) in [6.45, 7) is 3.87. The van der Waals surface area contributed by atoms with Crippen molar-refractivity contribution in [1.29, 1.82) is 0 Å². The highest BCUT2D eigenvalue weighted by molar-refractivity contribution is 9.10. The molecule has 3 heterocycles. The minimum absolute atomic E-state index is 0.385. The third-order valence-corrected chi connectivity index (χ3v) is 5.60. The summed E-state index contributed by atoms with van der Waals surface area (Å²) in [7, 11) is 0. The number of ether oxygens (including phenoxy) is 1. The quantitative estimate of drug-likeness (QED) is 0.857. The maximum Gasteiger partial charge on any atom is 0.164 e. The van der Waals surface area contributed by atoms with Gasteiger partial charge in [0.2, 0.25) is 0 Å². The van der Waals surface area contributed by atoms with Crippen LogP contribution in [0.25, 0.3) is 11.0 Å². The predicted molar refractivity (Wildman–Crippen MR) is 91.1 cm³/mol. The lowest BCUT2D eigenvalue weighted by molar-refractivity contribution is 0.00519. The SMILES string of the molecule is Nc1ncnc2c1c(Br)nn2C1CCC(N2CCOCC2)CC1. The molecule has 0 spiro atoms. The van der Waals surface area contributed by atoms with Gasteiger partial charge in [-0.25, -0.2) is 14.6 Å². The summed E-state index contributed by atoms with van der Waals surface area (Å²) in [6, 6.07) is 1.07. The number of nitrogens with zero attached hydrogens (tertiary/aromatic N) is 5. The fourth-order valence-corrected chi connectivity index (χ4v) is 4.37. The number of hydrogen-bond donors (Lipinski definition) is 1. The first kappa shape index (κ1) is 15.3. The van der Waals surface area contributed by atoms with Crippen LogP contribution in [0.5, 0.6) is 0 Å². The van der Waals surface area contributed by atoms with Crippen molar-refractivity contribution in [1.82, 2.24) is 24.6 Å². The van der Waals surface area contributed by atoms with Crippen LogP contribution in [-0.4, -0.2) is 57.0 Å². The van der Waals surface area contributed by atoms with E-state index in [-0.39, 0.29) is 0 Å². The number of nitrogen functional groups attached to an aromatic ring is 1. The molecule has 124 valence electrons. The molecule has 1 aliphatic carbocycles. The highest BCUT2D eigenvalue weighted by Crippen LogP contribution is 2.35. The average Bonchev–Trinajstić information content (AvgIpc) is 2.94. The summed E-state index contributed by atoms with van der Waals surface area (Å²) in [5.41, 5.74) is 6.80. The zero-order valence-corrected chi connectivity index (χ0v) is 14.6. The number of aromatic nitrogens is 4. The van der Waals surface area contributed by atoms with Gasteiger partial charge in [-0.15, -0.1) is 0 Å². The lowest BCUT2D eigenvalue weighted by Crippen LogP contribution is -2.45. The van der Waals surface area contributed by atoms with Crippen molar-refractivity contribution in [3.05, 3.63) is 10.9 Å². The molecule has 0 bridgehead atoms. The van der Waals surface area contributed by atoms with E-state index in [1.54, 1.807) is 0 Å². The molecule has 2 fully saturated rings. The average molecular weight is 381 g/mol. The standard InChI is InChI=1S/C15H21BrN6O/c16-13-12-14(17)18-9-19-15(12)22(20-13)11-3-1-10(2-4-11)21-5-7-23-8-6-21/h9-11H,1-8H2,(H2,17,18,19). The Morgan fingerprint density at radius 3 is 2.52 bits per heavy atom. The smallest absolute Gasteiger partial charge is 0.164 e. The molecule has 0 aromatic carbocycles. The van der Waals surface area contributed by atoms with Gasteiger partial charge in [-0.3, -0.25) is 4.90 Å². The van der Waals surface area contributed by atoms with Gasteiger partial charge < -0.3 is 10.5 Å². The molecule has 23 heavy (non-hydrogen) atoms. The molecular weight excluding hydrogens is 360 g/mol. The van der Waals surface area contributed by atoms with Crippen molar-refractivity contribution in [2.75, 3.05) is 32.0 Å². The first-order valence-electron chi connectivity index (χ1n) is 8.20. The molecule has 2 N–H and O–H groups in total. The molecule has 2 aliphatic rings. The van der Waals surface area contributed by atoms with Crippen LogP contribution >= 0.6 is 15.9 Å². The fraction of sp³-hybridized carbons (Fsp3) is 0.667. The Morgan fingerprint density at radius 2 is 1.78 bits per heavy atom. The minimum Gasteiger partial charge on any atom is -0.383 e. The zero-order valence-electron chi connectivity index (χ0n) is 13.0. The number of halogens is 1. The highest BCUT2D eigenvalue weighted by atomic mass is 79.9. The molecule has 4 rings (SSSR count). The molecule has 0 unspecified atom stereocenters. The number of morpholine rings is 1. The van der Waals surface area contributed by atoms with Crippen molar-refractivity contribution < 1.29 is 4.74 Å². The van der Waals surface area contributed by atoms with Gasteiger partial charge in [-0.05, 0) is 41.6 Å². The maximum atomic E-state index is 5.97. The van der Waals surface area contributed by atoms with E-state index in [1.165, 1.54) is 19.2 Å². The second-order valence-electron chi connectivity index (χ2n) is 6.30. The summed E-state index contributed by atoms with van der Waals surface area (Å²) in [6.07, 6.45) is 6.15. The van der Waals surface area contributed by atoms with E-state index in [0.717, 1.165) is 54.8 Å². The van der Waals surface area contributed by atoms with Crippen LogP contribution in [0.4, 0.5) is 5.82 Å². The number of hydrogen-bond acceptors (Lipinski definition) is 6. The Kier molecular flexibility index (Phi) is 4.21. The second-order valence-corrected chi connectivity index (χ2v) is 7.05. The zero-order chi connectivity index (χ0) is 15.8. The largest absolute Gasteiger partial charge is 0.383 e. The second kappa shape index (κ2) is 6.33. The van der Waals surface area contributed by atoms with Gasteiger partial charge in [0.15, 0.2) is 5.65 Å². The normalized spacial score (nSPS) is 26.7. The fourth-order valence-electron chi connectivity index (χ4n) is 3.82. The molecule has 2 aromatic heterocycles. The van der Waals surface area contributed by atoms with Gasteiger partial charge >= 0.3 is 0 Å². The molecule has 0 radical (unpaired) electrons. The number of fused-ring (bicyclic) bond motifs is 1. The molecule has 8 heteroatoms. The van der Waals surface area contributed by atoms with Crippen molar-refractivity contribution in [3.63, 3.8) is 0 Å². The Balaban J connectivity index is 1.51. The Morgan fingerprint density at radius 1 is 1.09 bits per heavy atom. The van der Waals surface area contributed by atoms with E-state index in [4.69, 9.17) is 10.5 Å². The van der Waals surface area contributed by atoms with Gasteiger partial charge in [0.05, 0.1) is 24.6 Å². The van der Waals surface area contributed by atoms with Crippen LogP contribution < -0.4 is 5.73 Å². The third kappa shape index (κ3) is 2.83. The summed E-state index contributed by atoms with van der Waals surface area (Å²) in [5.74, 6) is 0.482. The maximum absolute atomic E-state index is 5.97. The summed E-state index contributed by atoms with van der Waals surface area (Å²) in [5, 5.41) is 5.45. The van der Waals surface area contributed by atoms with Crippen LogP contribution in [-0.2, 0) is 4.74 Å². The molecule has 1 saturated carbocycles. The van der Waals surface area contributed by atoms with Gasteiger partial charge in [-0.1, -0.05) is 0 Å². The van der Waals surface area contributed by atoms with Crippen molar-refractivity contribution in [2.24, 2.45) is 0 Å². The van der Waals surface area contributed by atoms with Crippen LogP contribution in [0, 0.1) is 0 Å². The Hall–Kier alpha value is -1.25. The van der Waals surface area contributed by atoms with Crippen LogP contribution in [0.3, 0.4) is 0 Å². The topological polar surface area (TPSA) is 82.1 Å². The van der Waals surface area contributed by atoms with E-state index in [9.17, 15) is 0 Å². The number of anilines is 1. The van der Waals surface area contributed by atoms with Crippen molar-refractivity contribution in [2.45, 2.75) is 37.8 Å². The number of rotatable bonds is 2. The molecule has 0 amide bonds. The molecule has 1 saturated heterocycles. The van der Waals surface area contributed by atoms with E-state index in [0.29, 0.717) is 17.9 Å². The lowest BCUT2D eigenvalue weighted by Gasteiger charge is -2.38. The van der Waals surface area contributed by atoms with Crippen molar-refractivity contribution in [3.8, 4) is 0 Å².